The fraction of sp³-hybridized carbons (Fsp3) is 0.500. The summed E-state index contributed by atoms with van der Waals surface area (Å²) in [6.07, 6.45) is 3.66. The lowest BCUT2D eigenvalue weighted by Gasteiger charge is -2.29. The van der Waals surface area contributed by atoms with Gasteiger partial charge in [0.05, 0.1) is 19.5 Å². The van der Waals surface area contributed by atoms with E-state index in [1.54, 1.807) is 4.57 Å². The van der Waals surface area contributed by atoms with Crippen molar-refractivity contribution < 1.29 is 19.1 Å². The molecule has 1 saturated heterocycles. The molecule has 11 heteroatoms. The maximum Gasteiger partial charge on any atom is 0.359 e. The van der Waals surface area contributed by atoms with Crippen molar-refractivity contribution >= 4 is 30.5 Å². The molecule has 25 heavy (non-hydrogen) atoms. The van der Waals surface area contributed by atoms with Crippen LogP contribution < -0.4 is 11.1 Å². The van der Waals surface area contributed by atoms with E-state index in [9.17, 15) is 14.4 Å². The van der Waals surface area contributed by atoms with Crippen LogP contribution >= 0.6 is 7.60 Å². The second-order valence-corrected chi connectivity index (χ2v) is 8.50. The van der Waals surface area contributed by atoms with Crippen LogP contribution in [-0.2, 0) is 15.8 Å². The number of hydrogen-bond acceptors (Lipinski definition) is 7. The van der Waals surface area contributed by atoms with Gasteiger partial charge in [0.1, 0.15) is 0 Å². The molecule has 0 radical (unpaired) electrons. The van der Waals surface area contributed by atoms with Crippen molar-refractivity contribution in [3.05, 3.63) is 18.5 Å². The summed E-state index contributed by atoms with van der Waals surface area (Å²) < 4.78 is 19.1. The van der Waals surface area contributed by atoms with Crippen LogP contribution in [0, 0.1) is 0 Å². The molecule has 1 atom stereocenters. The van der Waals surface area contributed by atoms with Crippen LogP contribution in [0.1, 0.15) is 19.3 Å². The molecule has 0 bridgehead atoms. The molecule has 3 heterocycles. The van der Waals surface area contributed by atoms with Crippen molar-refractivity contribution in [1.82, 2.24) is 19.5 Å². The molecule has 0 unspecified atom stereocenters. The van der Waals surface area contributed by atoms with Gasteiger partial charge >= 0.3 is 7.60 Å². The van der Waals surface area contributed by atoms with Crippen molar-refractivity contribution in [3.63, 3.8) is 0 Å². The molecule has 1 saturated carbocycles. The van der Waals surface area contributed by atoms with Gasteiger partial charge in [0.2, 0.25) is 5.95 Å². The topological polar surface area (TPSA) is 148 Å². The maximum absolute atomic E-state index is 12.1. The van der Waals surface area contributed by atoms with Gasteiger partial charge in [0.25, 0.3) is 0 Å². The Kier molecular flexibility index (Phi) is 3.62. The quantitative estimate of drug-likeness (QED) is 0.446. The Labute approximate surface area is 143 Å². The fourth-order valence-corrected chi connectivity index (χ4v) is 3.97. The SMILES string of the molecule is C=C1CO[C@@](Cn2cnc3c(NC4CC4)nc(N)nc32)(P(=O)(O)O)C1. The molecule has 5 N–H and O–H groups in total. The Balaban J connectivity index is 1.75. The minimum absolute atomic E-state index is 0.0689. The van der Waals surface area contributed by atoms with Crippen LogP contribution in [0.4, 0.5) is 11.8 Å². The number of aromatic nitrogens is 4. The predicted molar refractivity (Wildman–Crippen MR) is 90.9 cm³/mol. The van der Waals surface area contributed by atoms with Gasteiger partial charge in [-0.05, 0) is 18.4 Å². The number of nitrogens with two attached hydrogens (primary N) is 1. The first-order chi connectivity index (χ1) is 11.8. The first-order valence-corrected chi connectivity index (χ1v) is 9.50. The molecule has 0 aromatic carbocycles. The number of anilines is 2. The van der Waals surface area contributed by atoms with E-state index in [1.807, 2.05) is 0 Å². The van der Waals surface area contributed by atoms with E-state index in [4.69, 9.17) is 10.5 Å². The summed E-state index contributed by atoms with van der Waals surface area (Å²) >= 11 is 0. The Morgan fingerprint density at radius 2 is 2.24 bits per heavy atom. The lowest BCUT2D eigenvalue weighted by molar-refractivity contribution is 0.0377. The molecule has 4 rings (SSSR count). The zero-order chi connectivity index (χ0) is 17.8. The molecule has 134 valence electrons. The van der Waals surface area contributed by atoms with Crippen LogP contribution in [0.3, 0.4) is 0 Å². The number of nitrogens with one attached hydrogen (secondary N) is 1. The van der Waals surface area contributed by atoms with E-state index in [0.717, 1.165) is 12.8 Å². The van der Waals surface area contributed by atoms with E-state index in [2.05, 4.69) is 26.8 Å². The van der Waals surface area contributed by atoms with Gasteiger partial charge in [0.15, 0.2) is 22.3 Å². The molecule has 2 fully saturated rings. The number of nitrogens with zero attached hydrogens (tertiary/aromatic N) is 4. The first kappa shape index (κ1) is 16.5. The molecule has 2 aromatic rings. The highest BCUT2D eigenvalue weighted by atomic mass is 31.2. The highest BCUT2D eigenvalue weighted by molar-refractivity contribution is 7.53. The smallest absolute Gasteiger partial charge is 0.359 e. The molecule has 2 aliphatic rings. The summed E-state index contributed by atoms with van der Waals surface area (Å²) in [4.78, 5) is 32.4. The monoisotopic (exact) mass is 366 g/mol. The second kappa shape index (κ2) is 5.50. The van der Waals surface area contributed by atoms with Gasteiger partial charge in [-0.25, -0.2) is 4.98 Å². The Bertz CT molecular complexity index is 904. The third kappa shape index (κ3) is 2.91. The highest BCUT2D eigenvalue weighted by Crippen LogP contribution is 2.58. The van der Waals surface area contributed by atoms with Gasteiger partial charge in [-0.2, -0.15) is 9.97 Å². The molecule has 1 aliphatic heterocycles. The van der Waals surface area contributed by atoms with E-state index in [0.29, 0.717) is 28.6 Å². The highest BCUT2D eigenvalue weighted by Gasteiger charge is 2.52. The zero-order valence-corrected chi connectivity index (χ0v) is 14.3. The Morgan fingerprint density at radius 1 is 1.48 bits per heavy atom. The van der Waals surface area contributed by atoms with Crippen LogP contribution in [0.25, 0.3) is 11.2 Å². The molecule has 2 aromatic heterocycles. The van der Waals surface area contributed by atoms with Crippen LogP contribution in [0.15, 0.2) is 18.5 Å². The van der Waals surface area contributed by atoms with Crippen molar-refractivity contribution in [2.45, 2.75) is 37.2 Å². The predicted octanol–water partition coefficient (Wildman–Crippen LogP) is 0.833. The largest absolute Gasteiger partial charge is 0.368 e. The van der Waals surface area contributed by atoms with Crippen molar-refractivity contribution in [1.29, 1.82) is 0 Å². The van der Waals surface area contributed by atoms with Crippen LogP contribution in [0.2, 0.25) is 0 Å². The summed E-state index contributed by atoms with van der Waals surface area (Å²) in [6.45, 7) is 3.78. The molecular formula is C14H19N6O4P. The second-order valence-electron chi connectivity index (χ2n) is 6.60. The minimum Gasteiger partial charge on any atom is -0.368 e. The summed E-state index contributed by atoms with van der Waals surface area (Å²) in [7, 11) is -4.56. The van der Waals surface area contributed by atoms with Crippen LogP contribution in [-0.4, -0.2) is 47.3 Å². The minimum atomic E-state index is -4.56. The van der Waals surface area contributed by atoms with Crippen molar-refractivity contribution in [2.75, 3.05) is 17.7 Å². The summed E-state index contributed by atoms with van der Waals surface area (Å²) in [5.41, 5.74) is 7.35. The standard InChI is InChI=1S/C14H19N6O4P/c1-8-4-14(24-5-8,25(21,22)23)6-20-7-16-10-11(17-9-2-3-9)18-13(15)19-12(10)20/h7,9H,1-6H2,(H2,21,22,23)(H3,15,17,18,19)/t14-/m1/s1. The van der Waals surface area contributed by atoms with E-state index < -0.39 is 12.9 Å². The molecule has 10 nitrogen and oxygen atoms in total. The Morgan fingerprint density at radius 3 is 2.84 bits per heavy atom. The molecule has 0 spiro atoms. The summed E-state index contributed by atoms with van der Waals surface area (Å²) in [6, 6.07) is 0.352. The number of hydrogen-bond donors (Lipinski definition) is 4. The number of fused-ring (bicyclic) bond motifs is 1. The lowest BCUT2D eigenvalue weighted by Crippen LogP contribution is -2.33. The van der Waals surface area contributed by atoms with Gasteiger partial charge in [0, 0.05) is 12.5 Å². The fourth-order valence-electron chi connectivity index (χ4n) is 2.97. The van der Waals surface area contributed by atoms with Gasteiger partial charge in [-0.15, -0.1) is 0 Å². The van der Waals surface area contributed by atoms with Crippen LogP contribution in [0.5, 0.6) is 0 Å². The number of nitrogen functional groups attached to an aromatic ring is 1. The third-order valence-electron chi connectivity index (χ3n) is 4.42. The van der Waals surface area contributed by atoms with E-state index in [1.165, 1.54) is 6.33 Å². The van der Waals surface area contributed by atoms with Gasteiger partial charge < -0.3 is 30.1 Å². The van der Waals surface area contributed by atoms with Crippen molar-refractivity contribution in [2.24, 2.45) is 0 Å². The van der Waals surface area contributed by atoms with Gasteiger partial charge in [-0.3, -0.25) is 4.57 Å². The van der Waals surface area contributed by atoms with E-state index in [-0.39, 0.29) is 25.5 Å². The Hall–Kier alpha value is -2.00. The normalized spacial score (nSPS) is 24.2. The number of rotatable bonds is 5. The van der Waals surface area contributed by atoms with E-state index >= 15 is 0 Å². The zero-order valence-electron chi connectivity index (χ0n) is 13.4. The first-order valence-electron chi connectivity index (χ1n) is 7.88. The van der Waals surface area contributed by atoms with Gasteiger partial charge in [-0.1, -0.05) is 6.58 Å². The summed E-state index contributed by atoms with van der Waals surface area (Å²) in [5, 5.41) is 1.58. The molecule has 1 aliphatic carbocycles. The number of imidazole rings is 1. The molecule has 0 amide bonds. The third-order valence-corrected chi connectivity index (χ3v) is 5.91. The maximum atomic E-state index is 12.1. The lowest BCUT2D eigenvalue weighted by atomic mass is 10.2. The average molecular weight is 366 g/mol. The average Bonchev–Trinajstić information content (AvgIpc) is 3.11. The van der Waals surface area contributed by atoms with Crippen molar-refractivity contribution in [3.8, 4) is 0 Å². The molecular weight excluding hydrogens is 347 g/mol. The summed E-state index contributed by atoms with van der Waals surface area (Å²) in [5.74, 6) is 0.602. The number of ether oxygens (including phenoxy) is 1.